The van der Waals surface area contributed by atoms with Crippen LogP contribution in [0, 0.1) is 0 Å². The molecule has 4 rings (SSSR count). The van der Waals surface area contributed by atoms with Gasteiger partial charge in [0.1, 0.15) is 15.9 Å². The molecular weight excluding hydrogens is 392 g/mol. The summed E-state index contributed by atoms with van der Waals surface area (Å²) < 4.78 is 2.09. The number of likely N-dealkylation sites (N-methyl/N-ethyl adjacent to an activating group) is 1. The largest absolute Gasteiger partial charge is 0.304 e. The van der Waals surface area contributed by atoms with E-state index in [-0.39, 0.29) is 0 Å². The molecule has 0 saturated carbocycles. The maximum absolute atomic E-state index is 6.18. The fourth-order valence-electron chi connectivity index (χ4n) is 3.76. The van der Waals surface area contributed by atoms with E-state index in [0.29, 0.717) is 11.2 Å². The van der Waals surface area contributed by atoms with Crippen LogP contribution < -0.4 is 0 Å². The van der Waals surface area contributed by atoms with Crippen LogP contribution in [0.1, 0.15) is 37.6 Å². The predicted molar refractivity (Wildman–Crippen MR) is 116 cm³/mol. The summed E-state index contributed by atoms with van der Waals surface area (Å²) in [6, 6.07) is 2.22. The lowest BCUT2D eigenvalue weighted by molar-refractivity contribution is 0.149. The smallest absolute Gasteiger partial charge is 0.144 e. The van der Waals surface area contributed by atoms with E-state index in [0.717, 1.165) is 67.2 Å². The van der Waals surface area contributed by atoms with Crippen LogP contribution in [0.25, 0.3) is 21.6 Å². The molecule has 8 heteroatoms. The maximum Gasteiger partial charge on any atom is 0.144 e. The highest BCUT2D eigenvalue weighted by Crippen LogP contribution is 2.34. The van der Waals surface area contributed by atoms with Crippen molar-refractivity contribution in [3.05, 3.63) is 28.5 Å². The van der Waals surface area contributed by atoms with Gasteiger partial charge < -0.3 is 4.90 Å². The van der Waals surface area contributed by atoms with Crippen LogP contribution in [0.3, 0.4) is 0 Å². The second kappa shape index (κ2) is 8.45. The fourth-order valence-corrected chi connectivity index (χ4v) is 4.86. The molecule has 0 unspecified atom stereocenters. The summed E-state index contributed by atoms with van der Waals surface area (Å²) in [7, 11) is 2.18. The minimum absolute atomic E-state index is 0.310. The molecule has 1 atom stereocenters. The van der Waals surface area contributed by atoms with Gasteiger partial charge in [0.2, 0.25) is 0 Å². The van der Waals surface area contributed by atoms with Gasteiger partial charge in [0, 0.05) is 67.5 Å². The van der Waals surface area contributed by atoms with E-state index in [1.807, 2.05) is 18.5 Å². The van der Waals surface area contributed by atoms with Crippen LogP contribution >= 0.6 is 22.9 Å². The Bertz CT molecular complexity index is 943. The third kappa shape index (κ3) is 4.08. The lowest BCUT2D eigenvalue weighted by Gasteiger charge is -2.31. The summed E-state index contributed by atoms with van der Waals surface area (Å²) in [4.78, 5) is 15.2. The molecule has 1 saturated heterocycles. The molecular formula is C20H27ClN6S. The molecule has 1 aliphatic heterocycles. The molecule has 3 aromatic heterocycles. The van der Waals surface area contributed by atoms with Crippen molar-refractivity contribution in [3.8, 4) is 10.7 Å². The SMILES string of the molecule is CCC[C@H](C)n1nc(-c2ncc(CN3CCN(C)CC3)s2)c2cnc(Cl)cc21. The van der Waals surface area contributed by atoms with Gasteiger partial charge in [-0.25, -0.2) is 9.97 Å². The normalized spacial score (nSPS) is 17.4. The summed E-state index contributed by atoms with van der Waals surface area (Å²) in [5.41, 5.74) is 1.95. The molecule has 0 N–H and O–H groups in total. The van der Waals surface area contributed by atoms with Crippen LogP contribution in [-0.4, -0.2) is 62.8 Å². The van der Waals surface area contributed by atoms with Crippen molar-refractivity contribution >= 4 is 33.8 Å². The summed E-state index contributed by atoms with van der Waals surface area (Å²) in [5.74, 6) is 0. The van der Waals surface area contributed by atoms with E-state index < -0.39 is 0 Å². The van der Waals surface area contributed by atoms with Crippen molar-refractivity contribution in [2.45, 2.75) is 39.3 Å². The van der Waals surface area contributed by atoms with Gasteiger partial charge in [0.25, 0.3) is 0 Å². The van der Waals surface area contributed by atoms with Crippen molar-refractivity contribution < 1.29 is 0 Å². The van der Waals surface area contributed by atoms with E-state index in [2.05, 4.69) is 40.4 Å². The number of thiazole rings is 1. The van der Waals surface area contributed by atoms with Crippen molar-refractivity contribution in [1.82, 2.24) is 29.5 Å². The Labute approximate surface area is 175 Å². The number of pyridine rings is 1. The zero-order chi connectivity index (χ0) is 19.7. The van der Waals surface area contributed by atoms with Crippen LogP contribution in [0.15, 0.2) is 18.5 Å². The second-order valence-corrected chi connectivity index (χ2v) is 9.17. The van der Waals surface area contributed by atoms with Gasteiger partial charge in [-0.05, 0) is 20.4 Å². The van der Waals surface area contributed by atoms with Gasteiger partial charge in [0.05, 0.1) is 5.52 Å². The number of rotatable bonds is 6. The lowest BCUT2D eigenvalue weighted by atomic mass is 10.2. The monoisotopic (exact) mass is 418 g/mol. The highest BCUT2D eigenvalue weighted by Gasteiger charge is 2.20. The quantitative estimate of drug-likeness (QED) is 0.558. The maximum atomic E-state index is 6.18. The standard InChI is InChI=1S/C20H27ClN6S/c1-4-5-14(2)27-17-10-18(21)22-12-16(17)19(24-27)20-23-11-15(28-20)13-26-8-6-25(3)7-9-26/h10-12,14H,4-9,13H2,1-3H3/t14-/m0/s1. The third-order valence-electron chi connectivity index (χ3n) is 5.41. The van der Waals surface area contributed by atoms with E-state index in [9.17, 15) is 0 Å². The molecule has 1 aliphatic rings. The van der Waals surface area contributed by atoms with Gasteiger partial charge in [-0.15, -0.1) is 11.3 Å². The second-order valence-electron chi connectivity index (χ2n) is 7.67. The average molecular weight is 419 g/mol. The first-order chi connectivity index (χ1) is 13.5. The lowest BCUT2D eigenvalue weighted by Crippen LogP contribution is -2.43. The Balaban J connectivity index is 1.63. The van der Waals surface area contributed by atoms with E-state index >= 15 is 0 Å². The van der Waals surface area contributed by atoms with E-state index in [1.54, 1.807) is 11.3 Å². The number of piperazine rings is 1. The Kier molecular flexibility index (Phi) is 5.96. The van der Waals surface area contributed by atoms with E-state index in [1.165, 1.54) is 4.88 Å². The average Bonchev–Trinajstić information content (AvgIpc) is 3.28. The van der Waals surface area contributed by atoms with Gasteiger partial charge in [-0.2, -0.15) is 5.10 Å². The molecule has 0 spiro atoms. The topological polar surface area (TPSA) is 50.1 Å². The number of halogens is 1. The number of hydrogen-bond donors (Lipinski definition) is 0. The van der Waals surface area contributed by atoms with Gasteiger partial charge >= 0.3 is 0 Å². The molecule has 0 bridgehead atoms. The molecule has 28 heavy (non-hydrogen) atoms. The molecule has 1 fully saturated rings. The zero-order valence-electron chi connectivity index (χ0n) is 16.7. The van der Waals surface area contributed by atoms with Crippen LogP contribution in [0.5, 0.6) is 0 Å². The Morgan fingerprint density at radius 3 is 2.71 bits per heavy atom. The van der Waals surface area contributed by atoms with Gasteiger partial charge in [0.15, 0.2) is 0 Å². The summed E-state index contributed by atoms with van der Waals surface area (Å²) in [6.45, 7) is 9.83. The number of hydrogen-bond acceptors (Lipinski definition) is 6. The molecule has 0 aliphatic carbocycles. The van der Waals surface area contributed by atoms with Crippen molar-refractivity contribution in [2.75, 3.05) is 33.2 Å². The third-order valence-corrected chi connectivity index (χ3v) is 6.61. The van der Waals surface area contributed by atoms with Crippen molar-refractivity contribution in [2.24, 2.45) is 0 Å². The summed E-state index contributed by atoms with van der Waals surface area (Å²) >= 11 is 7.91. The molecule has 150 valence electrons. The van der Waals surface area contributed by atoms with Crippen LogP contribution in [-0.2, 0) is 6.54 Å². The molecule has 0 amide bonds. The van der Waals surface area contributed by atoms with Crippen LogP contribution in [0.2, 0.25) is 5.15 Å². The molecule has 6 nitrogen and oxygen atoms in total. The first-order valence-corrected chi connectivity index (χ1v) is 11.1. The predicted octanol–water partition coefficient (Wildman–Crippen LogP) is 4.32. The van der Waals surface area contributed by atoms with Gasteiger partial charge in [-0.3, -0.25) is 9.58 Å². The first-order valence-electron chi connectivity index (χ1n) is 9.95. The number of fused-ring (bicyclic) bond motifs is 1. The molecule has 0 aromatic carbocycles. The van der Waals surface area contributed by atoms with Gasteiger partial charge in [-0.1, -0.05) is 24.9 Å². The minimum Gasteiger partial charge on any atom is -0.304 e. The molecule has 3 aromatic rings. The Morgan fingerprint density at radius 2 is 1.96 bits per heavy atom. The van der Waals surface area contributed by atoms with Crippen molar-refractivity contribution in [1.29, 1.82) is 0 Å². The number of aromatic nitrogens is 4. The van der Waals surface area contributed by atoms with Crippen LogP contribution in [0.4, 0.5) is 0 Å². The summed E-state index contributed by atoms with van der Waals surface area (Å²) in [6.07, 6.45) is 6.02. The van der Waals surface area contributed by atoms with E-state index in [4.69, 9.17) is 21.7 Å². The summed E-state index contributed by atoms with van der Waals surface area (Å²) in [5, 5.41) is 7.41. The zero-order valence-corrected chi connectivity index (χ0v) is 18.3. The van der Waals surface area contributed by atoms with Crippen molar-refractivity contribution in [3.63, 3.8) is 0 Å². The fraction of sp³-hybridized carbons (Fsp3) is 0.550. The minimum atomic E-state index is 0.310. The Hall–Kier alpha value is -1.54. The first kappa shape index (κ1) is 19.8. The highest BCUT2D eigenvalue weighted by atomic mass is 35.5. The molecule has 0 radical (unpaired) electrons. The highest BCUT2D eigenvalue weighted by molar-refractivity contribution is 7.15. The Morgan fingerprint density at radius 1 is 1.18 bits per heavy atom. The number of nitrogens with zero attached hydrogens (tertiary/aromatic N) is 6. The molecule has 4 heterocycles.